The molecule has 5 heteroatoms. The summed E-state index contributed by atoms with van der Waals surface area (Å²) in [7, 11) is 2.04. The fraction of sp³-hybridized carbons (Fsp3) is 0.600. The lowest BCUT2D eigenvalue weighted by Crippen LogP contribution is -2.48. The van der Waals surface area contributed by atoms with Crippen molar-refractivity contribution in [3.63, 3.8) is 0 Å². The van der Waals surface area contributed by atoms with Gasteiger partial charge in [0.25, 0.3) is 0 Å². The Labute approximate surface area is 125 Å². The van der Waals surface area contributed by atoms with Crippen LogP contribution in [0, 0.1) is 5.82 Å². The first-order chi connectivity index (χ1) is 9.49. The zero-order valence-corrected chi connectivity index (χ0v) is 13.0. The number of likely N-dealkylation sites (N-methyl/N-ethyl adjacent to an activating group) is 1. The van der Waals surface area contributed by atoms with Gasteiger partial charge in [-0.05, 0) is 24.7 Å². The van der Waals surface area contributed by atoms with Crippen molar-refractivity contribution in [2.45, 2.75) is 32.0 Å². The molecule has 0 bridgehead atoms. The predicted molar refractivity (Wildman–Crippen MR) is 79.7 cm³/mol. The van der Waals surface area contributed by atoms with Crippen LogP contribution >= 0.6 is 11.6 Å². The molecule has 0 amide bonds. The first kappa shape index (κ1) is 15.7. The van der Waals surface area contributed by atoms with Gasteiger partial charge in [-0.25, -0.2) is 4.39 Å². The molecule has 1 fully saturated rings. The summed E-state index contributed by atoms with van der Waals surface area (Å²) in [5.74, 6) is -0.376. The Morgan fingerprint density at radius 3 is 2.90 bits per heavy atom. The second kappa shape index (κ2) is 6.85. The van der Waals surface area contributed by atoms with Crippen LogP contribution in [0.3, 0.4) is 0 Å². The number of hydrogen-bond donors (Lipinski definition) is 1. The van der Waals surface area contributed by atoms with Gasteiger partial charge in [0.1, 0.15) is 5.82 Å². The zero-order valence-electron chi connectivity index (χ0n) is 12.2. The third-order valence-electron chi connectivity index (χ3n) is 3.62. The van der Waals surface area contributed by atoms with Crippen LogP contribution in [0.25, 0.3) is 0 Å². The highest BCUT2D eigenvalue weighted by Crippen LogP contribution is 2.30. The summed E-state index contributed by atoms with van der Waals surface area (Å²) in [6.45, 7) is 6.49. The molecule has 20 heavy (non-hydrogen) atoms. The van der Waals surface area contributed by atoms with Gasteiger partial charge in [-0.3, -0.25) is 4.90 Å². The molecule has 112 valence electrons. The molecule has 1 N–H and O–H groups in total. The number of ether oxygens (including phenoxy) is 1. The summed E-state index contributed by atoms with van der Waals surface area (Å²) >= 11 is 5.76. The molecule has 0 radical (unpaired) electrons. The average Bonchev–Trinajstić information content (AvgIpc) is 2.40. The number of hydrogen-bond acceptors (Lipinski definition) is 3. The van der Waals surface area contributed by atoms with Gasteiger partial charge >= 0.3 is 0 Å². The van der Waals surface area contributed by atoms with Crippen molar-refractivity contribution in [3.8, 4) is 0 Å². The minimum absolute atomic E-state index is 0.0109. The second-order valence-electron chi connectivity index (χ2n) is 5.57. The summed E-state index contributed by atoms with van der Waals surface area (Å²) in [5.41, 5.74) is 0.907. The van der Waals surface area contributed by atoms with Gasteiger partial charge in [-0.2, -0.15) is 0 Å². The van der Waals surface area contributed by atoms with Gasteiger partial charge in [0, 0.05) is 19.1 Å². The van der Waals surface area contributed by atoms with Crippen LogP contribution in [0.1, 0.15) is 25.5 Å². The monoisotopic (exact) mass is 300 g/mol. The Balaban J connectivity index is 2.20. The highest BCUT2D eigenvalue weighted by molar-refractivity contribution is 6.30. The van der Waals surface area contributed by atoms with E-state index in [1.54, 1.807) is 6.07 Å². The van der Waals surface area contributed by atoms with E-state index in [2.05, 4.69) is 24.1 Å². The van der Waals surface area contributed by atoms with E-state index in [4.69, 9.17) is 16.3 Å². The molecule has 1 aromatic rings. The van der Waals surface area contributed by atoms with Crippen molar-refractivity contribution >= 4 is 11.6 Å². The smallest absolute Gasteiger partial charge is 0.142 e. The normalized spacial score (nSPS) is 24.3. The predicted octanol–water partition coefficient (Wildman–Crippen LogP) is 2.85. The maximum atomic E-state index is 13.7. The largest absolute Gasteiger partial charge is 0.374 e. The van der Waals surface area contributed by atoms with E-state index < -0.39 is 0 Å². The summed E-state index contributed by atoms with van der Waals surface area (Å²) < 4.78 is 19.6. The lowest BCUT2D eigenvalue weighted by atomic mass is 9.98. The van der Waals surface area contributed by atoms with E-state index in [-0.39, 0.29) is 23.0 Å². The lowest BCUT2D eigenvalue weighted by molar-refractivity contribution is -0.0620. The maximum Gasteiger partial charge on any atom is 0.142 e. The Kier molecular flexibility index (Phi) is 5.38. The van der Waals surface area contributed by atoms with Gasteiger partial charge in [-0.15, -0.1) is 0 Å². The molecule has 0 saturated carbocycles. The summed E-state index contributed by atoms with van der Waals surface area (Å²) in [6, 6.07) is 5.45. The van der Waals surface area contributed by atoms with Crippen molar-refractivity contribution in [2.24, 2.45) is 0 Å². The van der Waals surface area contributed by atoms with Gasteiger partial charge in [0.2, 0.25) is 0 Å². The topological polar surface area (TPSA) is 24.5 Å². The van der Waals surface area contributed by atoms with Gasteiger partial charge in [-0.1, -0.05) is 31.5 Å². The van der Waals surface area contributed by atoms with Crippen LogP contribution in [0.15, 0.2) is 18.2 Å². The number of rotatable bonds is 4. The van der Waals surface area contributed by atoms with E-state index in [0.29, 0.717) is 12.6 Å². The summed E-state index contributed by atoms with van der Waals surface area (Å²) in [5, 5.41) is 3.55. The van der Waals surface area contributed by atoms with Crippen molar-refractivity contribution in [1.29, 1.82) is 0 Å². The third-order valence-corrected chi connectivity index (χ3v) is 3.92. The Hall–Kier alpha value is -0.680. The quantitative estimate of drug-likeness (QED) is 0.925. The Morgan fingerprint density at radius 1 is 1.50 bits per heavy atom. The van der Waals surface area contributed by atoms with Crippen LogP contribution in [0.5, 0.6) is 0 Å². The maximum absolute atomic E-state index is 13.7. The van der Waals surface area contributed by atoms with Gasteiger partial charge < -0.3 is 10.1 Å². The number of nitrogens with zero attached hydrogens (tertiary/aromatic N) is 1. The molecule has 2 rings (SSSR count). The standard InChI is InChI=1S/C15H22ClFN2O/c1-10(2)18-9-14-15(19(3)6-7-20-14)11-4-5-12(16)13(17)8-11/h4-5,8,10,14-15,18H,6-7,9H2,1-3H3. The third kappa shape index (κ3) is 3.70. The van der Waals surface area contributed by atoms with Crippen LogP contribution in [-0.2, 0) is 4.74 Å². The van der Waals surface area contributed by atoms with Crippen molar-refractivity contribution in [2.75, 3.05) is 26.7 Å². The zero-order chi connectivity index (χ0) is 14.7. The van der Waals surface area contributed by atoms with Gasteiger partial charge in [0.05, 0.1) is 23.8 Å². The van der Waals surface area contributed by atoms with Crippen molar-refractivity contribution in [1.82, 2.24) is 10.2 Å². The van der Waals surface area contributed by atoms with E-state index in [1.807, 2.05) is 13.1 Å². The molecule has 1 aliphatic rings. The molecule has 2 atom stereocenters. The highest BCUT2D eigenvalue weighted by atomic mass is 35.5. The van der Waals surface area contributed by atoms with E-state index >= 15 is 0 Å². The summed E-state index contributed by atoms with van der Waals surface area (Å²) in [6.07, 6.45) is 0.0109. The molecule has 1 saturated heterocycles. The first-order valence-electron chi connectivity index (χ1n) is 6.99. The number of halogens is 2. The molecular weight excluding hydrogens is 279 g/mol. The van der Waals surface area contributed by atoms with E-state index in [0.717, 1.165) is 18.7 Å². The molecule has 1 aromatic carbocycles. The number of nitrogens with one attached hydrogen (secondary N) is 1. The molecule has 1 aliphatic heterocycles. The molecular formula is C15H22ClFN2O. The van der Waals surface area contributed by atoms with Crippen molar-refractivity contribution in [3.05, 3.63) is 34.6 Å². The molecule has 2 unspecified atom stereocenters. The van der Waals surface area contributed by atoms with Crippen LogP contribution < -0.4 is 5.32 Å². The second-order valence-corrected chi connectivity index (χ2v) is 5.98. The lowest BCUT2D eigenvalue weighted by Gasteiger charge is -2.40. The molecule has 1 heterocycles. The van der Waals surface area contributed by atoms with Crippen LogP contribution in [0.4, 0.5) is 4.39 Å². The fourth-order valence-electron chi connectivity index (χ4n) is 2.55. The Bertz CT molecular complexity index is 455. The number of morpholine rings is 1. The molecule has 0 aromatic heterocycles. The van der Waals surface area contributed by atoms with E-state index in [9.17, 15) is 4.39 Å². The van der Waals surface area contributed by atoms with Crippen molar-refractivity contribution < 1.29 is 9.13 Å². The fourth-order valence-corrected chi connectivity index (χ4v) is 2.67. The van der Waals surface area contributed by atoms with E-state index in [1.165, 1.54) is 6.07 Å². The molecule has 3 nitrogen and oxygen atoms in total. The number of benzene rings is 1. The minimum atomic E-state index is -0.376. The van der Waals surface area contributed by atoms with Gasteiger partial charge in [0.15, 0.2) is 0 Å². The SMILES string of the molecule is CC(C)NCC1OCCN(C)C1c1ccc(Cl)c(F)c1. The first-order valence-corrected chi connectivity index (χ1v) is 7.37. The highest BCUT2D eigenvalue weighted by Gasteiger charge is 2.31. The average molecular weight is 301 g/mol. The summed E-state index contributed by atoms with van der Waals surface area (Å²) in [4.78, 5) is 2.21. The van der Waals surface area contributed by atoms with Crippen LogP contribution in [-0.4, -0.2) is 43.8 Å². The van der Waals surface area contributed by atoms with Crippen LogP contribution in [0.2, 0.25) is 5.02 Å². The molecule has 0 aliphatic carbocycles. The molecule has 0 spiro atoms. The minimum Gasteiger partial charge on any atom is -0.374 e. The Morgan fingerprint density at radius 2 is 2.25 bits per heavy atom.